The Morgan fingerprint density at radius 3 is 2.26 bits per heavy atom. The molecule has 1 aliphatic carbocycles. The van der Waals surface area contributed by atoms with E-state index in [0.29, 0.717) is 31.7 Å². The summed E-state index contributed by atoms with van der Waals surface area (Å²) in [6.45, 7) is 12.3. The van der Waals surface area contributed by atoms with Crippen LogP contribution in [0.1, 0.15) is 127 Å². The first kappa shape index (κ1) is 44.3. The van der Waals surface area contributed by atoms with Gasteiger partial charge in [0, 0.05) is 28.9 Å². The second-order valence-corrected chi connectivity index (χ2v) is 19.1. The number of methoxy groups -OCH3 is 1. The zero-order valence-corrected chi connectivity index (χ0v) is 38.4. The Kier molecular flexibility index (Phi) is 12.1. The van der Waals surface area contributed by atoms with E-state index in [-0.39, 0.29) is 60.0 Å². The number of benzene rings is 2. The summed E-state index contributed by atoms with van der Waals surface area (Å²) in [5.41, 5.74) is 9.11. The molecule has 3 saturated heterocycles. The minimum atomic E-state index is -1.21. The number of aromatic amines is 2. The number of carbonyl (C=O) groups is 4. The summed E-state index contributed by atoms with van der Waals surface area (Å²) in [4.78, 5) is 73.6. The molecule has 0 spiro atoms. The summed E-state index contributed by atoms with van der Waals surface area (Å²) in [5.74, 6) is 1.65. The fourth-order valence-electron chi connectivity index (χ4n) is 11.3. The zero-order chi connectivity index (χ0) is 45.8. The SMILES string of the molecule is CC[C@H](C)[C@H](NC(=O)O)C(=O)N1[C@@H](C)CC[C@H]1c1ncc(-c2ccc3c(c2)COc2cc4c(cc2-3)CCc2[nH]c([C@@H]3CC[C@H](C)N3C(=O)[C@@H](NC(=O)OC)C3C[C@@H](C)O[C@H](C)C3)nc2-4)[nH]1. The molecule has 346 valence electrons. The molecule has 16 heteroatoms. The molecule has 16 nitrogen and oxygen atoms in total. The lowest BCUT2D eigenvalue weighted by Crippen LogP contribution is -2.55. The fourth-order valence-corrected chi connectivity index (χ4v) is 11.3. The minimum absolute atomic E-state index is 0.0293. The highest BCUT2D eigenvalue weighted by Crippen LogP contribution is 2.46. The van der Waals surface area contributed by atoms with E-state index in [1.165, 1.54) is 12.7 Å². The molecule has 5 N–H and O–H groups in total. The summed E-state index contributed by atoms with van der Waals surface area (Å²) in [5, 5.41) is 14.9. The normalized spacial score (nSPS) is 25.9. The number of fused-ring (bicyclic) bond motifs is 6. The molecule has 3 fully saturated rings. The van der Waals surface area contributed by atoms with Crippen LogP contribution in [0, 0.1) is 11.8 Å². The predicted molar refractivity (Wildman–Crippen MR) is 242 cm³/mol. The van der Waals surface area contributed by atoms with Gasteiger partial charge in [-0.05, 0) is 131 Å². The minimum Gasteiger partial charge on any atom is -0.488 e. The highest BCUT2D eigenvalue weighted by molar-refractivity contribution is 5.88. The molecule has 4 aliphatic heterocycles. The van der Waals surface area contributed by atoms with E-state index in [1.807, 2.05) is 44.4 Å². The van der Waals surface area contributed by atoms with Gasteiger partial charge in [-0.15, -0.1) is 0 Å². The van der Waals surface area contributed by atoms with E-state index in [9.17, 15) is 24.3 Å². The van der Waals surface area contributed by atoms with Crippen LogP contribution in [0.5, 0.6) is 5.75 Å². The maximum Gasteiger partial charge on any atom is 0.407 e. The van der Waals surface area contributed by atoms with E-state index in [4.69, 9.17) is 24.2 Å². The summed E-state index contributed by atoms with van der Waals surface area (Å²) in [6.07, 6.45) is 6.60. The lowest BCUT2D eigenvalue weighted by molar-refractivity contribution is -0.140. The van der Waals surface area contributed by atoms with E-state index in [0.717, 1.165) is 95.0 Å². The Bertz CT molecular complexity index is 2470. The Balaban J connectivity index is 0.946. The van der Waals surface area contributed by atoms with Gasteiger partial charge in [0.05, 0.1) is 49.0 Å². The monoisotopic (exact) mass is 890 g/mol. The second-order valence-electron chi connectivity index (χ2n) is 19.1. The molecular weight excluding hydrogens is 829 g/mol. The number of aromatic nitrogens is 4. The Labute approximate surface area is 379 Å². The van der Waals surface area contributed by atoms with Crippen molar-refractivity contribution in [3.8, 4) is 39.4 Å². The van der Waals surface area contributed by atoms with E-state index in [2.05, 4.69) is 57.9 Å². The lowest BCUT2D eigenvalue weighted by Gasteiger charge is -2.39. The van der Waals surface area contributed by atoms with Gasteiger partial charge in [-0.1, -0.05) is 32.4 Å². The van der Waals surface area contributed by atoms with Crippen LogP contribution in [-0.4, -0.2) is 102 Å². The van der Waals surface area contributed by atoms with Crippen molar-refractivity contribution in [1.29, 1.82) is 0 Å². The van der Waals surface area contributed by atoms with Crippen molar-refractivity contribution in [3.05, 3.63) is 65.0 Å². The zero-order valence-electron chi connectivity index (χ0n) is 38.4. The second kappa shape index (κ2) is 17.8. The molecule has 0 bridgehead atoms. The maximum atomic E-state index is 14.6. The molecule has 0 radical (unpaired) electrons. The number of H-pyrrole nitrogens is 2. The van der Waals surface area contributed by atoms with Crippen LogP contribution in [0.25, 0.3) is 33.6 Å². The van der Waals surface area contributed by atoms with Crippen LogP contribution in [0.3, 0.4) is 0 Å². The van der Waals surface area contributed by atoms with Crippen molar-refractivity contribution < 1.29 is 38.5 Å². The van der Waals surface area contributed by atoms with E-state index < -0.39 is 24.3 Å². The molecule has 2 aromatic carbocycles. The molecule has 0 saturated carbocycles. The molecule has 65 heavy (non-hydrogen) atoms. The van der Waals surface area contributed by atoms with Crippen molar-refractivity contribution in [1.82, 2.24) is 40.4 Å². The maximum absolute atomic E-state index is 14.6. The van der Waals surface area contributed by atoms with Gasteiger partial charge in [0.15, 0.2) is 0 Å². The van der Waals surface area contributed by atoms with Gasteiger partial charge in [0.2, 0.25) is 11.8 Å². The van der Waals surface area contributed by atoms with Gasteiger partial charge in [0.1, 0.15) is 36.1 Å². The number of rotatable bonds is 10. The number of nitrogens with one attached hydrogen (secondary N) is 4. The number of hydrogen-bond acceptors (Lipinski definition) is 9. The van der Waals surface area contributed by atoms with Crippen LogP contribution in [0.2, 0.25) is 0 Å². The average Bonchev–Trinajstić information content (AvgIpc) is 4.11. The van der Waals surface area contributed by atoms with Crippen molar-refractivity contribution in [2.45, 2.75) is 154 Å². The third kappa shape index (κ3) is 8.34. The molecule has 9 rings (SSSR count). The molecule has 0 unspecified atom stereocenters. The van der Waals surface area contributed by atoms with Crippen LogP contribution in [0.15, 0.2) is 36.5 Å². The lowest BCUT2D eigenvalue weighted by atomic mass is 9.85. The van der Waals surface area contributed by atoms with Crippen molar-refractivity contribution in [2.24, 2.45) is 11.8 Å². The summed E-state index contributed by atoms with van der Waals surface area (Å²) in [7, 11) is 1.32. The average molecular weight is 891 g/mol. The first-order valence-electron chi connectivity index (χ1n) is 23.4. The summed E-state index contributed by atoms with van der Waals surface area (Å²) in [6, 6.07) is 8.47. The first-order valence-corrected chi connectivity index (χ1v) is 23.4. The van der Waals surface area contributed by atoms with E-state index in [1.54, 1.807) is 6.20 Å². The van der Waals surface area contributed by atoms with Crippen molar-refractivity contribution in [3.63, 3.8) is 0 Å². The number of ether oxygens (including phenoxy) is 3. The van der Waals surface area contributed by atoms with Gasteiger partial charge in [-0.3, -0.25) is 9.59 Å². The summed E-state index contributed by atoms with van der Waals surface area (Å²) >= 11 is 0. The molecule has 5 aliphatic rings. The van der Waals surface area contributed by atoms with Crippen LogP contribution >= 0.6 is 0 Å². The number of likely N-dealkylation sites (tertiary alicyclic amines) is 2. The highest BCUT2D eigenvalue weighted by Gasteiger charge is 2.45. The van der Waals surface area contributed by atoms with Gasteiger partial charge in [-0.2, -0.15) is 0 Å². The third-order valence-electron chi connectivity index (χ3n) is 14.8. The largest absolute Gasteiger partial charge is 0.488 e. The predicted octanol–water partition coefficient (Wildman–Crippen LogP) is 7.84. The number of carboxylic acid groups (broad SMARTS) is 1. The molecule has 9 atom stereocenters. The van der Waals surface area contributed by atoms with Gasteiger partial charge >= 0.3 is 12.2 Å². The van der Waals surface area contributed by atoms with Crippen molar-refractivity contribution in [2.75, 3.05) is 7.11 Å². The van der Waals surface area contributed by atoms with Crippen LogP contribution < -0.4 is 15.4 Å². The summed E-state index contributed by atoms with van der Waals surface area (Å²) < 4.78 is 17.5. The van der Waals surface area contributed by atoms with Gasteiger partial charge in [0.25, 0.3) is 0 Å². The smallest absolute Gasteiger partial charge is 0.407 e. The standard InChI is InChI=1S/C49H62N8O8/c1-8-24(2)41(54-48(60)61)46(58)56-25(3)9-15-38(56)44-50-22-37(52-44)30-11-13-33-32(19-30)23-64-40-21-34-29(20-35(33)40)12-14-36-43(34)53-45(51-36)39-16-10-26(4)57(39)47(59)42(55-49(62)63-7)31-17-27(5)65-28(6)18-31/h11,13,19-22,24-28,31,38-39,41-42,54H,8-10,12,14-18,23H2,1-7H3,(H,50,52)(H,51,53)(H,55,62)(H,60,61)/t24-,25-,26-,27+,28+,38-,39-,41-,42-/m0/s1. The number of carbonyl (C=O) groups excluding carboxylic acids is 3. The number of hydrogen-bond donors (Lipinski definition) is 5. The Morgan fingerprint density at radius 2 is 1.57 bits per heavy atom. The van der Waals surface area contributed by atoms with Crippen molar-refractivity contribution >= 4 is 24.0 Å². The molecule has 4 amide bonds. The quantitative estimate of drug-likeness (QED) is 0.104. The topological polar surface area (TPSA) is 204 Å². The van der Waals surface area contributed by atoms with E-state index >= 15 is 0 Å². The Morgan fingerprint density at radius 1 is 0.862 bits per heavy atom. The fraction of sp³-hybridized carbons (Fsp3) is 0.551. The Hall–Kier alpha value is -5.90. The number of imidazole rings is 2. The van der Waals surface area contributed by atoms with Gasteiger partial charge < -0.3 is 49.7 Å². The highest BCUT2D eigenvalue weighted by atomic mass is 16.5. The molecule has 4 aromatic rings. The van der Waals surface area contributed by atoms with Crippen LogP contribution in [0.4, 0.5) is 9.59 Å². The molecular formula is C49H62N8O8. The third-order valence-corrected chi connectivity index (χ3v) is 14.8. The first-order chi connectivity index (χ1) is 31.2. The number of amides is 4. The number of nitrogens with zero attached hydrogens (tertiary/aromatic N) is 4. The molecule has 6 heterocycles. The van der Waals surface area contributed by atoms with Crippen LogP contribution in [-0.2, 0) is 38.5 Å². The number of alkyl carbamates (subject to hydrolysis) is 1. The molecule has 2 aromatic heterocycles. The van der Waals surface area contributed by atoms with Gasteiger partial charge in [-0.25, -0.2) is 19.6 Å². The number of aryl methyl sites for hydroxylation is 2.